The van der Waals surface area contributed by atoms with Crippen LogP contribution in [-0.4, -0.2) is 25.2 Å². The maximum absolute atomic E-state index is 5.18. The minimum Gasteiger partial charge on any atom is -0.497 e. The molecule has 0 aliphatic heterocycles. The van der Waals surface area contributed by atoms with Crippen molar-refractivity contribution in [2.45, 2.75) is 32.0 Å². The second kappa shape index (κ2) is 6.45. The van der Waals surface area contributed by atoms with Crippen LogP contribution in [0.1, 0.15) is 23.3 Å². The van der Waals surface area contributed by atoms with E-state index in [1.54, 1.807) is 18.4 Å². The first-order valence-corrected chi connectivity index (χ1v) is 8.08. The van der Waals surface area contributed by atoms with Crippen LogP contribution >= 0.6 is 11.3 Å². The van der Waals surface area contributed by atoms with E-state index in [9.17, 15) is 0 Å². The minimum absolute atomic E-state index is 0.743. The normalized spacial score (nSPS) is 14.2. The average molecular weight is 303 g/mol. The van der Waals surface area contributed by atoms with Gasteiger partial charge in [-0.25, -0.2) is 4.98 Å². The quantitative estimate of drug-likeness (QED) is 0.853. The summed E-state index contributed by atoms with van der Waals surface area (Å²) >= 11 is 1.77. The van der Waals surface area contributed by atoms with Crippen molar-refractivity contribution >= 4 is 16.5 Å². The van der Waals surface area contributed by atoms with Crippen LogP contribution in [-0.2, 0) is 13.1 Å². The predicted octanol–water partition coefficient (Wildman–Crippen LogP) is 3.04. The molecule has 1 heterocycles. The van der Waals surface area contributed by atoms with Gasteiger partial charge in [0.25, 0.3) is 0 Å². The predicted molar refractivity (Wildman–Crippen MR) is 87.1 cm³/mol. The lowest BCUT2D eigenvalue weighted by atomic mass is 10.2. The van der Waals surface area contributed by atoms with Crippen LogP contribution in [0.3, 0.4) is 0 Å². The Kier molecular flexibility index (Phi) is 4.41. The molecule has 5 heteroatoms. The Morgan fingerprint density at radius 3 is 2.76 bits per heavy atom. The Morgan fingerprint density at radius 1 is 1.33 bits per heavy atom. The van der Waals surface area contributed by atoms with Crippen LogP contribution in [0, 0.1) is 0 Å². The van der Waals surface area contributed by atoms with Crippen LogP contribution < -0.4 is 15.0 Å². The summed E-state index contributed by atoms with van der Waals surface area (Å²) in [6, 6.07) is 8.93. The molecule has 2 aromatic rings. The Morgan fingerprint density at radius 2 is 2.10 bits per heavy atom. The monoisotopic (exact) mass is 303 g/mol. The molecule has 1 N–H and O–H groups in total. The van der Waals surface area contributed by atoms with Gasteiger partial charge in [0.2, 0.25) is 0 Å². The number of hydrogen-bond donors (Lipinski definition) is 1. The van der Waals surface area contributed by atoms with Crippen LogP contribution in [0.2, 0.25) is 0 Å². The highest BCUT2D eigenvalue weighted by atomic mass is 32.1. The number of rotatable bonds is 7. The van der Waals surface area contributed by atoms with Gasteiger partial charge in [-0.2, -0.15) is 0 Å². The van der Waals surface area contributed by atoms with Crippen molar-refractivity contribution in [3.8, 4) is 5.75 Å². The second-order valence-corrected chi connectivity index (χ2v) is 6.56. The fraction of sp³-hybridized carbons (Fsp3) is 0.438. The number of benzene rings is 1. The highest BCUT2D eigenvalue weighted by Crippen LogP contribution is 2.25. The number of nitrogens with zero attached hydrogens (tertiary/aromatic N) is 2. The molecule has 1 aromatic heterocycles. The highest BCUT2D eigenvalue weighted by molar-refractivity contribution is 7.15. The zero-order valence-corrected chi connectivity index (χ0v) is 13.3. The summed E-state index contributed by atoms with van der Waals surface area (Å²) < 4.78 is 5.18. The van der Waals surface area contributed by atoms with Crippen molar-refractivity contribution in [2.24, 2.45) is 0 Å². The number of hydrogen-bond acceptors (Lipinski definition) is 5. The summed E-state index contributed by atoms with van der Waals surface area (Å²) in [5.41, 5.74) is 1.26. The van der Waals surface area contributed by atoms with E-state index in [2.05, 4.69) is 34.4 Å². The second-order valence-electron chi connectivity index (χ2n) is 5.47. The lowest BCUT2D eigenvalue weighted by molar-refractivity contribution is 0.414. The van der Waals surface area contributed by atoms with Crippen molar-refractivity contribution in [3.63, 3.8) is 0 Å². The molecule has 1 aliphatic rings. The number of nitrogens with one attached hydrogen (secondary N) is 1. The molecule has 0 amide bonds. The number of aromatic nitrogens is 1. The zero-order chi connectivity index (χ0) is 14.7. The van der Waals surface area contributed by atoms with E-state index < -0.39 is 0 Å². The first-order valence-electron chi connectivity index (χ1n) is 7.27. The maximum atomic E-state index is 5.18. The van der Waals surface area contributed by atoms with Crippen LogP contribution in [0.4, 0.5) is 5.13 Å². The Hall–Kier alpha value is -1.59. The van der Waals surface area contributed by atoms with Crippen LogP contribution in [0.25, 0.3) is 0 Å². The molecule has 1 aliphatic carbocycles. The average Bonchev–Trinajstić information content (AvgIpc) is 3.22. The molecule has 0 spiro atoms. The maximum Gasteiger partial charge on any atom is 0.185 e. The molecule has 3 rings (SSSR count). The topological polar surface area (TPSA) is 37.4 Å². The smallest absolute Gasteiger partial charge is 0.185 e. The van der Waals surface area contributed by atoms with Gasteiger partial charge in [0.1, 0.15) is 5.75 Å². The molecule has 0 saturated heterocycles. The lowest BCUT2D eigenvalue weighted by Gasteiger charge is -2.15. The van der Waals surface area contributed by atoms with Crippen molar-refractivity contribution in [2.75, 3.05) is 19.1 Å². The molecule has 0 atom stereocenters. The van der Waals surface area contributed by atoms with E-state index in [-0.39, 0.29) is 0 Å². The molecule has 4 nitrogen and oxygen atoms in total. The zero-order valence-electron chi connectivity index (χ0n) is 12.5. The molecule has 112 valence electrons. The SMILES string of the molecule is COc1ccc(CN(C)c2ncc(CNC3CC3)s2)cc1. The molecule has 21 heavy (non-hydrogen) atoms. The van der Waals surface area contributed by atoms with Crippen molar-refractivity contribution in [1.29, 1.82) is 0 Å². The third-order valence-electron chi connectivity index (χ3n) is 3.59. The molecule has 0 radical (unpaired) electrons. The lowest BCUT2D eigenvalue weighted by Crippen LogP contribution is -2.16. The summed E-state index contributed by atoms with van der Waals surface area (Å²) in [5, 5.41) is 4.59. The molecular weight excluding hydrogens is 282 g/mol. The van der Waals surface area contributed by atoms with Crippen LogP contribution in [0.15, 0.2) is 30.5 Å². The minimum atomic E-state index is 0.743. The van der Waals surface area contributed by atoms with Gasteiger partial charge in [-0.05, 0) is 30.5 Å². The number of anilines is 1. The Bertz CT molecular complexity index is 577. The Balaban J connectivity index is 1.57. The summed E-state index contributed by atoms with van der Waals surface area (Å²) in [7, 11) is 3.77. The number of thiazole rings is 1. The van der Waals surface area contributed by atoms with Crippen molar-refractivity contribution < 1.29 is 4.74 Å². The summed E-state index contributed by atoms with van der Waals surface area (Å²) in [4.78, 5) is 8.02. The van der Waals surface area contributed by atoms with E-state index in [0.717, 1.165) is 30.0 Å². The van der Waals surface area contributed by atoms with E-state index in [0.29, 0.717) is 0 Å². The van der Waals surface area contributed by atoms with Crippen molar-refractivity contribution in [1.82, 2.24) is 10.3 Å². The van der Waals surface area contributed by atoms with E-state index >= 15 is 0 Å². The third-order valence-corrected chi connectivity index (χ3v) is 4.70. The van der Waals surface area contributed by atoms with Crippen LogP contribution in [0.5, 0.6) is 5.75 Å². The Labute approximate surface area is 129 Å². The van der Waals surface area contributed by atoms with Gasteiger partial charge in [-0.15, -0.1) is 11.3 Å². The fourth-order valence-corrected chi connectivity index (χ4v) is 2.98. The molecular formula is C16H21N3OS. The van der Waals surface area contributed by atoms with Gasteiger partial charge < -0.3 is 15.0 Å². The summed E-state index contributed by atoms with van der Waals surface area (Å²) in [6.07, 6.45) is 4.63. The largest absolute Gasteiger partial charge is 0.497 e. The summed E-state index contributed by atoms with van der Waals surface area (Å²) in [5.74, 6) is 0.893. The standard InChI is InChI=1S/C16H21N3OS/c1-19(11-12-3-7-14(20-2)8-4-12)16-18-10-15(21-16)9-17-13-5-6-13/h3-4,7-8,10,13,17H,5-6,9,11H2,1-2H3. The number of ether oxygens (including phenoxy) is 1. The molecule has 0 bridgehead atoms. The molecule has 1 fully saturated rings. The van der Waals surface area contributed by atoms with Gasteiger partial charge in [0.15, 0.2) is 5.13 Å². The fourth-order valence-electron chi connectivity index (χ4n) is 2.16. The first kappa shape index (κ1) is 14.4. The van der Waals surface area contributed by atoms with Gasteiger partial charge in [0.05, 0.1) is 7.11 Å². The molecule has 0 unspecified atom stereocenters. The van der Waals surface area contributed by atoms with Gasteiger partial charge in [0, 0.05) is 37.3 Å². The molecule has 1 aromatic carbocycles. The highest BCUT2D eigenvalue weighted by Gasteiger charge is 2.20. The van der Waals surface area contributed by atoms with E-state index in [4.69, 9.17) is 4.74 Å². The van der Waals surface area contributed by atoms with Crippen molar-refractivity contribution in [3.05, 3.63) is 40.9 Å². The van der Waals surface area contributed by atoms with E-state index in [1.165, 1.54) is 23.3 Å². The van der Waals surface area contributed by atoms with E-state index in [1.807, 2.05) is 18.3 Å². The van der Waals surface area contributed by atoms with Gasteiger partial charge >= 0.3 is 0 Å². The summed E-state index contributed by atoms with van der Waals surface area (Å²) in [6.45, 7) is 1.80. The van der Waals surface area contributed by atoms with Gasteiger partial charge in [-0.1, -0.05) is 12.1 Å². The molecule has 1 saturated carbocycles. The first-order chi connectivity index (χ1) is 10.2. The third kappa shape index (κ3) is 3.95. The number of methoxy groups -OCH3 is 1. The van der Waals surface area contributed by atoms with Gasteiger partial charge in [-0.3, -0.25) is 0 Å².